The van der Waals surface area contributed by atoms with Crippen LogP contribution in [0.5, 0.6) is 0 Å². The van der Waals surface area contributed by atoms with E-state index < -0.39 is 18.1 Å². The predicted molar refractivity (Wildman–Crippen MR) is 73.3 cm³/mol. The molecule has 0 spiro atoms. The van der Waals surface area contributed by atoms with E-state index in [4.69, 9.17) is 10.5 Å². The highest BCUT2D eigenvalue weighted by Crippen LogP contribution is 2.29. The van der Waals surface area contributed by atoms with Gasteiger partial charge in [-0.1, -0.05) is 26.8 Å². The fourth-order valence-corrected chi connectivity index (χ4v) is 2.28. The Morgan fingerprint density at radius 2 is 2.05 bits per heavy atom. The van der Waals surface area contributed by atoms with Gasteiger partial charge in [0.15, 0.2) is 0 Å². The van der Waals surface area contributed by atoms with E-state index in [1.807, 2.05) is 20.8 Å². The zero-order valence-electron chi connectivity index (χ0n) is 12.2. The number of hydrogen-bond acceptors (Lipinski definition) is 4. The van der Waals surface area contributed by atoms with E-state index in [1.54, 1.807) is 6.08 Å². The first-order chi connectivity index (χ1) is 8.73. The van der Waals surface area contributed by atoms with Crippen LogP contribution in [-0.4, -0.2) is 42.5 Å². The fourth-order valence-electron chi connectivity index (χ4n) is 2.28. The van der Waals surface area contributed by atoms with Crippen molar-refractivity contribution >= 4 is 11.9 Å². The van der Waals surface area contributed by atoms with Crippen molar-refractivity contribution in [3.63, 3.8) is 0 Å². The van der Waals surface area contributed by atoms with Gasteiger partial charge in [-0.3, -0.25) is 4.79 Å². The van der Waals surface area contributed by atoms with E-state index in [0.29, 0.717) is 13.0 Å². The standard InChI is InChI=1S/C14H24N2O3/c1-6-9-7-8-16(10(9)13(18)19-5)12(17)11(15)14(2,3)4/h6,9-11H,1,7-8,15H2,2-5H3/t9-,10-,11+/m0/s1. The van der Waals surface area contributed by atoms with Gasteiger partial charge in [0.1, 0.15) is 6.04 Å². The molecule has 0 bridgehead atoms. The molecule has 2 N–H and O–H groups in total. The molecule has 19 heavy (non-hydrogen) atoms. The summed E-state index contributed by atoms with van der Waals surface area (Å²) < 4.78 is 4.79. The summed E-state index contributed by atoms with van der Waals surface area (Å²) in [4.78, 5) is 25.8. The summed E-state index contributed by atoms with van der Waals surface area (Å²) in [5.41, 5.74) is 5.65. The predicted octanol–water partition coefficient (Wildman–Crippen LogP) is 0.936. The smallest absolute Gasteiger partial charge is 0.329 e. The lowest BCUT2D eigenvalue weighted by Gasteiger charge is -2.32. The minimum absolute atomic E-state index is 0.0661. The number of nitrogens with zero attached hydrogens (tertiary/aromatic N) is 1. The lowest BCUT2D eigenvalue weighted by molar-refractivity contribution is -0.153. The van der Waals surface area contributed by atoms with Crippen LogP contribution in [0, 0.1) is 11.3 Å². The van der Waals surface area contributed by atoms with Crippen molar-refractivity contribution in [2.24, 2.45) is 17.1 Å². The molecule has 108 valence electrons. The fraction of sp³-hybridized carbons (Fsp3) is 0.714. The Morgan fingerprint density at radius 3 is 2.47 bits per heavy atom. The van der Waals surface area contributed by atoms with Gasteiger partial charge < -0.3 is 15.4 Å². The Bertz CT molecular complexity index is 373. The minimum Gasteiger partial charge on any atom is -0.467 e. The quantitative estimate of drug-likeness (QED) is 0.610. The van der Waals surface area contributed by atoms with Gasteiger partial charge in [0.25, 0.3) is 0 Å². The van der Waals surface area contributed by atoms with Crippen LogP contribution in [0.4, 0.5) is 0 Å². The highest BCUT2D eigenvalue weighted by Gasteiger charge is 2.44. The summed E-state index contributed by atoms with van der Waals surface area (Å²) in [6.07, 6.45) is 2.42. The Morgan fingerprint density at radius 1 is 1.47 bits per heavy atom. The van der Waals surface area contributed by atoms with Crippen molar-refractivity contribution in [2.75, 3.05) is 13.7 Å². The Kier molecular flexibility index (Phi) is 4.74. The van der Waals surface area contributed by atoms with Gasteiger partial charge in [-0.2, -0.15) is 0 Å². The number of carbonyl (C=O) groups is 2. The van der Waals surface area contributed by atoms with Gasteiger partial charge >= 0.3 is 5.97 Å². The Labute approximate surface area is 114 Å². The van der Waals surface area contributed by atoms with Crippen LogP contribution in [0.3, 0.4) is 0 Å². The van der Waals surface area contributed by atoms with E-state index in [0.717, 1.165) is 0 Å². The zero-order chi connectivity index (χ0) is 14.8. The van der Waals surface area contributed by atoms with E-state index >= 15 is 0 Å². The number of amides is 1. The summed E-state index contributed by atoms with van der Waals surface area (Å²) in [5, 5.41) is 0. The third-order valence-electron chi connectivity index (χ3n) is 3.67. The van der Waals surface area contributed by atoms with Gasteiger partial charge in [-0.15, -0.1) is 6.58 Å². The molecule has 1 saturated heterocycles. The van der Waals surface area contributed by atoms with Crippen LogP contribution in [0.15, 0.2) is 12.7 Å². The third-order valence-corrected chi connectivity index (χ3v) is 3.67. The van der Waals surface area contributed by atoms with Crippen LogP contribution in [0.1, 0.15) is 27.2 Å². The summed E-state index contributed by atoms with van der Waals surface area (Å²) in [6.45, 7) is 9.95. The second-order valence-corrected chi connectivity index (χ2v) is 6.03. The molecule has 0 aromatic carbocycles. The lowest BCUT2D eigenvalue weighted by Crippen LogP contribution is -2.54. The number of esters is 1. The van der Waals surface area contributed by atoms with E-state index in [-0.39, 0.29) is 17.2 Å². The highest BCUT2D eigenvalue weighted by molar-refractivity contribution is 5.89. The van der Waals surface area contributed by atoms with Crippen LogP contribution in [-0.2, 0) is 14.3 Å². The minimum atomic E-state index is -0.636. The topological polar surface area (TPSA) is 72.6 Å². The highest BCUT2D eigenvalue weighted by atomic mass is 16.5. The zero-order valence-corrected chi connectivity index (χ0v) is 12.2. The summed E-state index contributed by atoms with van der Waals surface area (Å²) >= 11 is 0. The molecule has 1 aliphatic rings. The van der Waals surface area contributed by atoms with Crippen molar-refractivity contribution < 1.29 is 14.3 Å². The molecular formula is C14H24N2O3. The Hall–Kier alpha value is -1.36. The van der Waals surface area contributed by atoms with Crippen molar-refractivity contribution in [1.82, 2.24) is 4.90 Å². The largest absolute Gasteiger partial charge is 0.467 e. The molecule has 0 unspecified atom stereocenters. The monoisotopic (exact) mass is 268 g/mol. The van der Waals surface area contributed by atoms with Crippen molar-refractivity contribution in [3.8, 4) is 0 Å². The summed E-state index contributed by atoms with van der Waals surface area (Å²) in [6, 6.07) is -1.23. The summed E-state index contributed by atoms with van der Waals surface area (Å²) in [5.74, 6) is -0.673. The van der Waals surface area contributed by atoms with Crippen LogP contribution >= 0.6 is 0 Å². The second-order valence-electron chi connectivity index (χ2n) is 6.03. The molecule has 5 nitrogen and oxygen atoms in total. The molecule has 0 aromatic rings. The van der Waals surface area contributed by atoms with Gasteiger partial charge in [0.2, 0.25) is 5.91 Å². The average molecular weight is 268 g/mol. The number of hydrogen-bond donors (Lipinski definition) is 1. The van der Waals surface area contributed by atoms with Crippen molar-refractivity contribution in [1.29, 1.82) is 0 Å². The van der Waals surface area contributed by atoms with Crippen LogP contribution < -0.4 is 5.73 Å². The molecule has 1 rings (SSSR count). The molecule has 1 amide bonds. The van der Waals surface area contributed by atoms with Crippen LogP contribution in [0.2, 0.25) is 0 Å². The van der Waals surface area contributed by atoms with Crippen molar-refractivity contribution in [2.45, 2.75) is 39.3 Å². The number of carbonyl (C=O) groups excluding carboxylic acids is 2. The van der Waals surface area contributed by atoms with Gasteiger partial charge in [-0.25, -0.2) is 4.79 Å². The number of methoxy groups -OCH3 is 1. The molecule has 0 aromatic heterocycles. The number of rotatable bonds is 3. The van der Waals surface area contributed by atoms with Crippen molar-refractivity contribution in [3.05, 3.63) is 12.7 Å². The van der Waals surface area contributed by atoms with Crippen LogP contribution in [0.25, 0.3) is 0 Å². The van der Waals surface area contributed by atoms with E-state index in [1.165, 1.54) is 12.0 Å². The molecule has 0 aliphatic carbocycles. The summed E-state index contributed by atoms with van der Waals surface area (Å²) in [7, 11) is 1.33. The van der Waals surface area contributed by atoms with E-state index in [2.05, 4.69) is 6.58 Å². The maximum absolute atomic E-state index is 12.4. The molecular weight excluding hydrogens is 244 g/mol. The first-order valence-electron chi connectivity index (χ1n) is 6.50. The first-order valence-corrected chi connectivity index (χ1v) is 6.50. The molecule has 3 atom stereocenters. The van der Waals surface area contributed by atoms with Gasteiger partial charge in [0.05, 0.1) is 13.2 Å². The first kappa shape index (κ1) is 15.7. The molecule has 0 saturated carbocycles. The van der Waals surface area contributed by atoms with Gasteiger partial charge in [-0.05, 0) is 11.8 Å². The number of nitrogens with two attached hydrogens (primary N) is 1. The number of ether oxygens (including phenoxy) is 1. The molecule has 1 aliphatic heterocycles. The lowest BCUT2D eigenvalue weighted by atomic mass is 9.86. The molecule has 1 fully saturated rings. The molecule has 1 heterocycles. The molecule has 5 heteroatoms. The van der Waals surface area contributed by atoms with E-state index in [9.17, 15) is 9.59 Å². The Balaban J connectivity index is 2.95. The second kappa shape index (κ2) is 5.74. The maximum Gasteiger partial charge on any atom is 0.329 e. The normalized spacial score (nSPS) is 25.0. The van der Waals surface area contributed by atoms with Gasteiger partial charge in [0, 0.05) is 12.5 Å². The molecule has 0 radical (unpaired) electrons. The average Bonchev–Trinajstić information content (AvgIpc) is 2.78. The third kappa shape index (κ3) is 3.15. The number of likely N-dealkylation sites (tertiary alicyclic amines) is 1. The maximum atomic E-state index is 12.4. The SMILES string of the molecule is C=C[C@H]1CCN(C(=O)[C@@H](N)C(C)(C)C)[C@@H]1C(=O)OC.